The molecule has 3 saturated heterocycles. The van der Waals surface area contributed by atoms with Crippen LogP contribution in [0.5, 0.6) is 0 Å². The Kier molecular flexibility index (Phi) is 4.35. The Morgan fingerprint density at radius 3 is 2.57 bits per heavy atom. The maximum absolute atomic E-state index is 12.2. The molecule has 2 bridgehead atoms. The molecule has 0 aromatic carbocycles. The Balaban J connectivity index is 1.71. The summed E-state index contributed by atoms with van der Waals surface area (Å²) in [6, 6.07) is 0.218. The molecule has 23 heavy (non-hydrogen) atoms. The number of aliphatic imine (C=N–C) groups is 1. The van der Waals surface area contributed by atoms with E-state index in [9.17, 15) is 4.79 Å². The van der Waals surface area contributed by atoms with Crippen LogP contribution in [0.2, 0.25) is 0 Å². The zero-order valence-corrected chi connectivity index (χ0v) is 14.1. The van der Waals surface area contributed by atoms with Crippen molar-refractivity contribution in [2.45, 2.75) is 18.9 Å². The van der Waals surface area contributed by atoms with Crippen LogP contribution in [-0.2, 0) is 0 Å². The van der Waals surface area contributed by atoms with Crippen LogP contribution in [0.15, 0.2) is 9.60 Å². The molecule has 3 fully saturated rings. The van der Waals surface area contributed by atoms with E-state index in [1.54, 1.807) is 0 Å². The van der Waals surface area contributed by atoms with Gasteiger partial charge >= 0.3 is 5.91 Å². The number of guanidine groups is 1. The van der Waals surface area contributed by atoms with E-state index in [-0.39, 0.29) is 33.9 Å². The molecule has 4 rings (SSSR count). The highest BCUT2D eigenvalue weighted by Crippen LogP contribution is 2.27. The number of nitrogen functional groups attached to an aromatic ring is 2. The second kappa shape index (κ2) is 6.28. The molecule has 124 valence electrons. The topological polar surface area (TPSA) is 149 Å². The first-order valence-corrected chi connectivity index (χ1v) is 8.19. The lowest BCUT2D eigenvalue weighted by atomic mass is 9.84. The number of amides is 1. The molecule has 1 aromatic heterocycles. The number of rotatable bonds is 2. The lowest BCUT2D eigenvalue weighted by Gasteiger charge is -2.45. The van der Waals surface area contributed by atoms with Gasteiger partial charge < -0.3 is 27.4 Å². The molecule has 3 aliphatic heterocycles. The van der Waals surface area contributed by atoms with E-state index in [4.69, 9.17) is 17.2 Å². The van der Waals surface area contributed by atoms with E-state index in [0.29, 0.717) is 5.92 Å². The molecule has 0 spiro atoms. The van der Waals surface area contributed by atoms with Crippen molar-refractivity contribution in [3.05, 3.63) is 10.3 Å². The summed E-state index contributed by atoms with van der Waals surface area (Å²) in [5, 5.41) is 3.14. The Bertz CT molecular complexity index is 656. The summed E-state index contributed by atoms with van der Waals surface area (Å²) >= 11 is 3.11. The van der Waals surface area contributed by atoms with Crippen LogP contribution in [0.3, 0.4) is 0 Å². The SMILES string of the molecule is NC(=NC(=O)c1nc(Br)c(N)nc1N)NC1CN2CCC1CC2. The minimum atomic E-state index is -0.651. The van der Waals surface area contributed by atoms with Crippen LogP contribution in [0.4, 0.5) is 11.6 Å². The molecule has 7 N–H and O–H groups in total. The van der Waals surface area contributed by atoms with Gasteiger partial charge in [0.15, 0.2) is 23.3 Å². The van der Waals surface area contributed by atoms with Gasteiger partial charge in [0.25, 0.3) is 0 Å². The van der Waals surface area contributed by atoms with Crippen molar-refractivity contribution in [1.29, 1.82) is 0 Å². The third-order valence-corrected chi connectivity index (χ3v) is 4.90. The molecule has 10 heteroatoms. The number of carbonyl (C=O) groups is 1. The van der Waals surface area contributed by atoms with Crippen molar-refractivity contribution in [3.8, 4) is 0 Å². The van der Waals surface area contributed by atoms with Crippen LogP contribution in [0.25, 0.3) is 0 Å². The normalized spacial score (nSPS) is 27.0. The van der Waals surface area contributed by atoms with E-state index < -0.39 is 5.91 Å². The Hall–Kier alpha value is -1.94. The first kappa shape index (κ1) is 15.9. The zero-order chi connectivity index (χ0) is 16.6. The number of piperidine rings is 3. The van der Waals surface area contributed by atoms with Gasteiger partial charge in [0.05, 0.1) is 0 Å². The first-order chi connectivity index (χ1) is 10.9. The summed E-state index contributed by atoms with van der Waals surface area (Å²) in [6.07, 6.45) is 2.28. The number of anilines is 2. The van der Waals surface area contributed by atoms with Gasteiger partial charge in [-0.15, -0.1) is 0 Å². The average molecular weight is 383 g/mol. The van der Waals surface area contributed by atoms with E-state index >= 15 is 0 Å². The van der Waals surface area contributed by atoms with Crippen LogP contribution in [0, 0.1) is 5.92 Å². The van der Waals surface area contributed by atoms with Crippen molar-refractivity contribution in [1.82, 2.24) is 20.2 Å². The smallest absolute Gasteiger partial charge is 0.302 e. The number of fused-ring (bicyclic) bond motifs is 3. The molecule has 1 amide bonds. The molecule has 9 nitrogen and oxygen atoms in total. The number of hydrogen-bond donors (Lipinski definition) is 4. The number of nitrogens with one attached hydrogen (secondary N) is 1. The molecule has 3 aliphatic rings. The van der Waals surface area contributed by atoms with Gasteiger partial charge in [-0.25, -0.2) is 9.97 Å². The molecular formula is C13H19BrN8O. The highest BCUT2D eigenvalue weighted by Gasteiger charge is 2.34. The quantitative estimate of drug-likeness (QED) is 0.396. The van der Waals surface area contributed by atoms with Gasteiger partial charge in [-0.2, -0.15) is 4.99 Å². The number of nitrogens with two attached hydrogens (primary N) is 3. The van der Waals surface area contributed by atoms with Crippen molar-refractivity contribution < 1.29 is 4.79 Å². The van der Waals surface area contributed by atoms with Gasteiger partial charge in [0, 0.05) is 12.6 Å². The monoisotopic (exact) mass is 382 g/mol. The fourth-order valence-corrected chi connectivity index (χ4v) is 3.38. The van der Waals surface area contributed by atoms with E-state index in [1.807, 2.05) is 0 Å². The molecule has 1 unspecified atom stereocenters. The Morgan fingerprint density at radius 2 is 1.96 bits per heavy atom. The summed E-state index contributed by atoms with van der Waals surface area (Å²) in [6.45, 7) is 3.18. The van der Waals surface area contributed by atoms with Gasteiger partial charge in [0.1, 0.15) is 4.60 Å². The fraction of sp³-hybridized carbons (Fsp3) is 0.538. The summed E-state index contributed by atoms with van der Waals surface area (Å²) < 4.78 is 0.245. The fourth-order valence-electron chi connectivity index (χ4n) is 3.11. The number of aromatic nitrogens is 2. The Labute approximate surface area is 141 Å². The van der Waals surface area contributed by atoms with Crippen molar-refractivity contribution in [3.63, 3.8) is 0 Å². The summed E-state index contributed by atoms with van der Waals surface area (Å²) in [4.78, 5) is 26.2. The van der Waals surface area contributed by atoms with Crippen LogP contribution >= 0.6 is 15.9 Å². The van der Waals surface area contributed by atoms with E-state index in [0.717, 1.165) is 32.5 Å². The first-order valence-electron chi connectivity index (χ1n) is 7.40. The summed E-state index contributed by atoms with van der Waals surface area (Å²) in [5.41, 5.74) is 17.0. The highest BCUT2D eigenvalue weighted by atomic mass is 79.9. The van der Waals surface area contributed by atoms with Crippen LogP contribution < -0.4 is 22.5 Å². The lowest BCUT2D eigenvalue weighted by Crippen LogP contribution is -2.58. The molecule has 0 radical (unpaired) electrons. The van der Waals surface area contributed by atoms with Crippen molar-refractivity contribution >= 4 is 39.4 Å². The predicted octanol–water partition coefficient (Wildman–Crippen LogP) is -0.458. The van der Waals surface area contributed by atoms with E-state index in [1.165, 1.54) is 0 Å². The van der Waals surface area contributed by atoms with Crippen molar-refractivity contribution in [2.75, 3.05) is 31.1 Å². The van der Waals surface area contributed by atoms with E-state index in [2.05, 4.69) is 41.1 Å². The molecule has 4 heterocycles. The summed E-state index contributed by atoms with van der Waals surface area (Å²) in [7, 11) is 0. The standard InChI is InChI=1S/C13H19BrN8O/c14-9-11(16)20-10(15)8(19-9)12(23)21-13(17)18-7-5-22-3-1-6(7)2-4-22/h6-7H,1-5H2,(H4,15,16,20)(H3,17,18,21,23). The minimum absolute atomic E-state index is 0.0721. The maximum Gasteiger partial charge on any atom is 0.302 e. The van der Waals surface area contributed by atoms with Gasteiger partial charge in [-0.1, -0.05) is 0 Å². The molecule has 0 saturated carbocycles. The second-order valence-electron chi connectivity index (χ2n) is 5.82. The Morgan fingerprint density at radius 1 is 1.26 bits per heavy atom. The predicted molar refractivity (Wildman–Crippen MR) is 90.6 cm³/mol. The maximum atomic E-state index is 12.2. The zero-order valence-electron chi connectivity index (χ0n) is 12.5. The second-order valence-corrected chi connectivity index (χ2v) is 6.58. The third-order valence-electron chi connectivity index (χ3n) is 4.32. The lowest BCUT2D eigenvalue weighted by molar-refractivity contribution is 0.0809. The molecule has 1 aromatic rings. The van der Waals surface area contributed by atoms with Crippen LogP contribution in [0.1, 0.15) is 23.3 Å². The highest BCUT2D eigenvalue weighted by molar-refractivity contribution is 9.10. The third kappa shape index (κ3) is 3.37. The van der Waals surface area contributed by atoms with Gasteiger partial charge in [-0.05, 0) is 47.8 Å². The number of halogens is 1. The molecule has 1 atom stereocenters. The largest absolute Gasteiger partial charge is 0.382 e. The average Bonchev–Trinajstić information content (AvgIpc) is 2.51. The van der Waals surface area contributed by atoms with Gasteiger partial charge in [0.2, 0.25) is 0 Å². The summed E-state index contributed by atoms with van der Waals surface area (Å²) in [5.74, 6) is 0.0285. The van der Waals surface area contributed by atoms with Gasteiger partial charge in [-0.3, -0.25) is 4.79 Å². The number of nitrogens with zero attached hydrogens (tertiary/aromatic N) is 4. The van der Waals surface area contributed by atoms with Crippen molar-refractivity contribution in [2.24, 2.45) is 16.6 Å². The molecule has 0 aliphatic carbocycles. The number of hydrogen-bond acceptors (Lipinski definition) is 6. The van der Waals surface area contributed by atoms with Crippen LogP contribution in [-0.4, -0.2) is 52.4 Å². The number of carbonyl (C=O) groups excluding carboxylic acids is 1. The minimum Gasteiger partial charge on any atom is -0.382 e. The molecular weight excluding hydrogens is 364 g/mol.